The standard InChI is InChI=1S/C24H25ClF2N4O2S.C2HF3O2/c1-16(17-7-4-3-5-8-17)31-12-11-18(15-31)30(2)21-14-20(26)22(13-19(21)25)34(32,33)29-24-10-6-9-23(27)28-24;3-2(4,5)1(6)7/h3-10,13-14,16,18H,11-12,15H2,1-2H3,(H,28,29);(H,6,7)/t16-,18-;/m0./s1. The Morgan fingerprint density at radius 2 is 1.78 bits per heavy atom. The number of likely N-dealkylation sites (N-methyl/N-ethyl adjacent to an activating group) is 1. The summed E-state index contributed by atoms with van der Waals surface area (Å²) < 4.78 is 87.5. The minimum Gasteiger partial charge on any atom is -0.475 e. The van der Waals surface area contributed by atoms with Crippen LogP contribution in [-0.2, 0) is 14.8 Å². The lowest BCUT2D eigenvalue weighted by atomic mass is 10.1. The number of aromatic nitrogens is 1. The first-order valence-corrected chi connectivity index (χ1v) is 13.9. The van der Waals surface area contributed by atoms with Gasteiger partial charge in [0.25, 0.3) is 10.0 Å². The second kappa shape index (κ2) is 13.0. The lowest BCUT2D eigenvalue weighted by Crippen LogP contribution is -2.35. The highest BCUT2D eigenvalue weighted by Crippen LogP contribution is 2.35. The minimum atomic E-state index is -5.08. The number of aliphatic carboxylic acids is 1. The molecule has 0 aliphatic carbocycles. The number of benzene rings is 2. The van der Waals surface area contributed by atoms with Gasteiger partial charge in [-0.2, -0.15) is 17.6 Å². The van der Waals surface area contributed by atoms with Gasteiger partial charge in [-0.15, -0.1) is 0 Å². The van der Waals surface area contributed by atoms with E-state index in [1.807, 2.05) is 30.1 Å². The van der Waals surface area contributed by atoms with E-state index >= 15 is 0 Å². The van der Waals surface area contributed by atoms with Crippen molar-refractivity contribution in [1.82, 2.24) is 9.88 Å². The number of carbonyl (C=O) groups is 1. The van der Waals surface area contributed by atoms with Crippen molar-refractivity contribution in [2.45, 2.75) is 36.5 Å². The molecule has 0 amide bonds. The van der Waals surface area contributed by atoms with E-state index in [4.69, 9.17) is 21.5 Å². The molecule has 2 heterocycles. The van der Waals surface area contributed by atoms with Crippen molar-refractivity contribution in [3.05, 3.63) is 83.0 Å². The van der Waals surface area contributed by atoms with Crippen LogP contribution in [0, 0.1) is 11.8 Å². The molecule has 222 valence electrons. The molecule has 1 saturated heterocycles. The molecule has 41 heavy (non-hydrogen) atoms. The third-order valence-corrected chi connectivity index (χ3v) is 8.11. The number of alkyl halides is 3. The maximum absolute atomic E-state index is 15.0. The number of nitrogens with zero attached hydrogens (tertiary/aromatic N) is 3. The number of anilines is 2. The van der Waals surface area contributed by atoms with Crippen molar-refractivity contribution in [2.75, 3.05) is 29.8 Å². The van der Waals surface area contributed by atoms with Gasteiger partial charge in [-0.1, -0.05) is 48.0 Å². The summed E-state index contributed by atoms with van der Waals surface area (Å²) in [5.74, 6) is -4.83. The number of pyridine rings is 1. The fourth-order valence-corrected chi connectivity index (χ4v) is 5.68. The number of likely N-dealkylation sites (tertiary alicyclic amines) is 1. The summed E-state index contributed by atoms with van der Waals surface area (Å²) in [6.45, 7) is 3.80. The molecule has 0 bridgehead atoms. The van der Waals surface area contributed by atoms with Crippen LogP contribution in [-0.4, -0.2) is 61.7 Å². The highest BCUT2D eigenvalue weighted by Gasteiger charge is 2.38. The molecule has 0 saturated carbocycles. The number of halogens is 6. The molecule has 2 atom stereocenters. The van der Waals surface area contributed by atoms with Gasteiger partial charge >= 0.3 is 12.1 Å². The van der Waals surface area contributed by atoms with Crippen molar-refractivity contribution in [1.29, 1.82) is 0 Å². The molecule has 1 aromatic heterocycles. The maximum Gasteiger partial charge on any atom is 0.490 e. The lowest BCUT2D eigenvalue weighted by Gasteiger charge is -2.30. The van der Waals surface area contributed by atoms with Gasteiger partial charge in [0.2, 0.25) is 5.95 Å². The zero-order chi connectivity index (χ0) is 30.5. The lowest BCUT2D eigenvalue weighted by molar-refractivity contribution is -0.192. The first-order chi connectivity index (χ1) is 19.1. The summed E-state index contributed by atoms with van der Waals surface area (Å²) in [7, 11) is -2.54. The summed E-state index contributed by atoms with van der Waals surface area (Å²) in [6.07, 6.45) is -4.22. The Bertz CT molecular complexity index is 1480. The van der Waals surface area contributed by atoms with Gasteiger partial charge < -0.3 is 10.0 Å². The fourth-order valence-electron chi connectivity index (χ4n) is 4.23. The molecule has 3 aromatic rings. The van der Waals surface area contributed by atoms with Crippen molar-refractivity contribution in [2.24, 2.45) is 0 Å². The van der Waals surface area contributed by atoms with Crippen molar-refractivity contribution in [3.63, 3.8) is 0 Å². The molecule has 0 radical (unpaired) electrons. The molecule has 8 nitrogen and oxygen atoms in total. The van der Waals surface area contributed by atoms with Crippen LogP contribution in [0.15, 0.2) is 65.6 Å². The number of carboxylic acids is 1. The van der Waals surface area contributed by atoms with E-state index < -0.39 is 38.8 Å². The quantitative estimate of drug-likeness (QED) is 0.257. The molecule has 4 rings (SSSR count). The first kappa shape index (κ1) is 32.0. The van der Waals surface area contributed by atoms with Gasteiger partial charge in [-0.3, -0.25) is 9.62 Å². The van der Waals surface area contributed by atoms with E-state index in [0.717, 1.165) is 37.7 Å². The van der Waals surface area contributed by atoms with E-state index in [2.05, 4.69) is 33.7 Å². The molecule has 1 aliphatic heterocycles. The van der Waals surface area contributed by atoms with Crippen LogP contribution in [0.2, 0.25) is 5.02 Å². The van der Waals surface area contributed by atoms with Crippen LogP contribution in [0.25, 0.3) is 0 Å². The molecule has 15 heteroatoms. The molecule has 2 aromatic carbocycles. The molecule has 2 N–H and O–H groups in total. The monoisotopic (exact) mass is 620 g/mol. The van der Waals surface area contributed by atoms with Crippen LogP contribution < -0.4 is 9.62 Å². The number of rotatable bonds is 7. The van der Waals surface area contributed by atoms with Crippen molar-refractivity contribution >= 4 is 39.1 Å². The van der Waals surface area contributed by atoms with Crippen LogP contribution in [0.4, 0.5) is 33.5 Å². The zero-order valence-corrected chi connectivity index (χ0v) is 23.3. The Labute approximate surface area is 238 Å². The third kappa shape index (κ3) is 8.27. The molecule has 1 aliphatic rings. The van der Waals surface area contributed by atoms with Crippen LogP contribution >= 0.6 is 11.6 Å². The summed E-state index contributed by atoms with van der Waals surface area (Å²) in [6, 6.07) is 16.4. The Morgan fingerprint density at radius 3 is 2.37 bits per heavy atom. The minimum absolute atomic E-state index is 0.0835. The predicted octanol–water partition coefficient (Wildman–Crippen LogP) is 5.72. The first-order valence-electron chi connectivity index (χ1n) is 12.1. The topological polar surface area (TPSA) is 103 Å². The second-order valence-electron chi connectivity index (χ2n) is 9.12. The van der Waals surface area contributed by atoms with Crippen LogP contribution in [0.1, 0.15) is 24.9 Å². The Morgan fingerprint density at radius 1 is 1.15 bits per heavy atom. The Hall–Kier alpha value is -3.49. The number of carboxylic acid groups (broad SMARTS) is 1. The number of hydrogen-bond donors (Lipinski definition) is 2. The largest absolute Gasteiger partial charge is 0.490 e. The Balaban J connectivity index is 0.000000587. The number of hydrogen-bond acceptors (Lipinski definition) is 6. The van der Waals surface area contributed by atoms with E-state index in [9.17, 15) is 30.4 Å². The van der Waals surface area contributed by atoms with Gasteiger partial charge in [0.15, 0.2) is 0 Å². The summed E-state index contributed by atoms with van der Waals surface area (Å²) in [4.78, 5) is 16.0. The van der Waals surface area contributed by atoms with E-state index in [1.54, 1.807) is 0 Å². The van der Waals surface area contributed by atoms with Crippen molar-refractivity contribution in [3.8, 4) is 0 Å². The number of nitrogens with one attached hydrogen (secondary N) is 1. The fraction of sp³-hybridized carbons (Fsp3) is 0.308. The average Bonchev–Trinajstić information content (AvgIpc) is 3.39. The summed E-state index contributed by atoms with van der Waals surface area (Å²) in [5.41, 5.74) is 1.63. The summed E-state index contributed by atoms with van der Waals surface area (Å²) in [5, 5.41) is 7.23. The highest BCUT2D eigenvalue weighted by molar-refractivity contribution is 7.92. The van der Waals surface area contributed by atoms with E-state index in [-0.39, 0.29) is 22.9 Å². The normalized spacial score (nSPS) is 16.4. The molecule has 0 spiro atoms. The van der Waals surface area contributed by atoms with E-state index in [1.165, 1.54) is 17.7 Å². The van der Waals surface area contributed by atoms with E-state index in [0.29, 0.717) is 5.69 Å². The highest BCUT2D eigenvalue weighted by atomic mass is 35.5. The van der Waals surface area contributed by atoms with Gasteiger partial charge in [0, 0.05) is 38.3 Å². The Kier molecular flexibility index (Phi) is 10.2. The SMILES string of the molecule is C[C@@H](c1ccccc1)N1CC[C@H](N(C)c2cc(F)c(S(=O)(=O)Nc3cccc(F)n3)cc2Cl)C1.O=C(O)C(F)(F)F. The molecular weight excluding hydrogens is 595 g/mol. The molecular formula is C26H26ClF5N4O4S. The molecule has 0 unspecified atom stereocenters. The third-order valence-electron chi connectivity index (χ3n) is 6.44. The second-order valence-corrected chi connectivity index (χ2v) is 11.2. The van der Waals surface area contributed by atoms with Crippen LogP contribution in [0.5, 0.6) is 0 Å². The molecule has 1 fully saturated rings. The zero-order valence-electron chi connectivity index (χ0n) is 21.7. The predicted molar refractivity (Wildman–Crippen MR) is 143 cm³/mol. The van der Waals surface area contributed by atoms with Crippen molar-refractivity contribution < 1.29 is 40.3 Å². The van der Waals surface area contributed by atoms with Gasteiger partial charge in [0.1, 0.15) is 16.5 Å². The van der Waals surface area contributed by atoms with Gasteiger partial charge in [0.05, 0.1) is 10.7 Å². The summed E-state index contributed by atoms with van der Waals surface area (Å²) >= 11 is 6.41. The smallest absolute Gasteiger partial charge is 0.475 e. The van der Waals surface area contributed by atoms with Gasteiger partial charge in [-0.05, 0) is 37.1 Å². The maximum atomic E-state index is 15.0. The van der Waals surface area contributed by atoms with Crippen LogP contribution in [0.3, 0.4) is 0 Å². The average molecular weight is 621 g/mol. The van der Waals surface area contributed by atoms with Gasteiger partial charge in [-0.25, -0.2) is 22.6 Å². The number of sulfonamides is 1.